The third-order valence-electron chi connectivity index (χ3n) is 0. The van der Waals surface area contributed by atoms with Gasteiger partial charge in [-0.1, -0.05) is 0 Å². The first-order valence-electron chi connectivity index (χ1n) is 0. The average molecular weight is 312 g/mol. The van der Waals surface area contributed by atoms with Crippen LogP contribution in [0.15, 0.2) is 0 Å². The van der Waals surface area contributed by atoms with Crippen LogP contribution in [0.2, 0.25) is 0 Å². The predicted octanol–water partition coefficient (Wildman–Crippen LogP) is -0.126. The molecule has 0 saturated heterocycles. The Hall–Kier alpha value is 1.73. The normalized spacial score (nSPS) is 0. The maximum atomic E-state index is 0. The molecule has 0 aromatic carbocycles. The Morgan fingerprint density at radius 1 is 1.00 bits per heavy atom. The Morgan fingerprint density at radius 3 is 1.00 bits per heavy atom. The van der Waals surface area contributed by atoms with Crippen molar-refractivity contribution in [2.24, 2.45) is 0 Å². The topological polar surface area (TPSA) is 28.5 Å². The van der Waals surface area contributed by atoms with Crippen LogP contribution in [-0.2, 0) is 61.7 Å². The van der Waals surface area contributed by atoms with Gasteiger partial charge < -0.3 is 5.48 Å². The van der Waals surface area contributed by atoms with Gasteiger partial charge >= 0.3 is 56.2 Å². The summed E-state index contributed by atoms with van der Waals surface area (Å²) in [6.07, 6.45) is 0. The maximum Gasteiger partial charge on any atom is 5.00 e. The monoisotopic (exact) mass is 312 g/mol. The molecule has 4 heavy (non-hydrogen) atoms. The van der Waals surface area contributed by atoms with E-state index in [-0.39, 0.29) is 61.7 Å². The summed E-state index contributed by atoms with van der Waals surface area (Å²) < 4.78 is 0. The van der Waals surface area contributed by atoms with Gasteiger partial charge in [0.15, 0.2) is 0 Å². The molecule has 0 bridgehead atoms. The van der Waals surface area contributed by atoms with Crippen molar-refractivity contribution in [3.8, 4) is 0 Å². The van der Waals surface area contributed by atoms with E-state index in [2.05, 4.69) is 0 Å². The summed E-state index contributed by atoms with van der Waals surface area (Å²) in [4.78, 5) is 0. The van der Waals surface area contributed by atoms with Gasteiger partial charge in [0.1, 0.15) is 0 Å². The molecule has 0 saturated carbocycles. The molecule has 0 spiro atoms. The summed E-state index contributed by atoms with van der Waals surface area (Å²) in [5, 5.41) is 0. The molecule has 0 aliphatic carbocycles. The predicted molar refractivity (Wildman–Crippen MR) is 0.686 cm³/mol. The van der Waals surface area contributed by atoms with E-state index in [1.165, 1.54) is 0 Å². The molecule has 0 aliphatic rings. The van der Waals surface area contributed by atoms with Crippen molar-refractivity contribution in [3.63, 3.8) is 0 Å². The Bertz CT molecular complexity index is 8.00. The molecular weight excluding hydrogens is 312 g/mol. The summed E-state index contributed by atoms with van der Waals surface area (Å²) in [7, 11) is 0. The fourth-order valence-corrected chi connectivity index (χ4v) is 0. The van der Waals surface area contributed by atoms with E-state index < -0.39 is 0 Å². The Balaban J connectivity index is 0. The molecule has 21 valence electrons. The molecule has 1 radical (unpaired) electrons. The Morgan fingerprint density at radius 2 is 1.00 bits per heavy atom. The van der Waals surface area contributed by atoms with Crippen molar-refractivity contribution in [2.45, 2.75) is 0 Å². The summed E-state index contributed by atoms with van der Waals surface area (Å²) in [6, 6.07) is 0. The zero-order valence-corrected chi connectivity index (χ0v) is 6.90. The van der Waals surface area contributed by atoms with Crippen LogP contribution in [0.4, 0.5) is 0 Å². The van der Waals surface area contributed by atoms with Crippen LogP contribution in [0.5, 0.6) is 0 Å². The van der Waals surface area contributed by atoms with Crippen LogP contribution in [0.1, 0.15) is 0 Å². The van der Waals surface area contributed by atoms with Gasteiger partial charge in [0.05, 0.1) is 0 Å². The van der Waals surface area contributed by atoms with Gasteiger partial charge in [-0.15, -0.1) is 0 Å². The SMILES string of the molecule is [Co+2].[Fe+2].[O-2].[Ta+5]. The third kappa shape index (κ3) is 9.29. The number of rotatable bonds is 0. The van der Waals surface area contributed by atoms with Crippen molar-refractivity contribution < 1.29 is 61.7 Å². The molecular formula is CoFeOTa+7. The molecule has 0 amide bonds. The van der Waals surface area contributed by atoms with Crippen molar-refractivity contribution in [3.05, 3.63) is 0 Å². The average Bonchev–Trinajstić information content (AvgIpc) is 0. The van der Waals surface area contributed by atoms with E-state index in [0.717, 1.165) is 0 Å². The number of hydrogen-bond donors (Lipinski definition) is 0. The first-order chi connectivity index (χ1) is 0. The van der Waals surface area contributed by atoms with Crippen LogP contribution in [0.25, 0.3) is 0 Å². The van der Waals surface area contributed by atoms with Gasteiger partial charge in [0.2, 0.25) is 0 Å². The van der Waals surface area contributed by atoms with E-state index in [0.29, 0.717) is 0 Å². The smallest absolute Gasteiger partial charge is 2.00 e. The van der Waals surface area contributed by atoms with E-state index >= 15 is 0 Å². The number of hydrogen-bond acceptors (Lipinski definition) is 0. The van der Waals surface area contributed by atoms with Crippen LogP contribution >= 0.6 is 0 Å². The van der Waals surface area contributed by atoms with Crippen molar-refractivity contribution >= 4 is 0 Å². The molecule has 0 N–H and O–H groups in total. The summed E-state index contributed by atoms with van der Waals surface area (Å²) in [6.45, 7) is 0. The van der Waals surface area contributed by atoms with Crippen molar-refractivity contribution in [1.82, 2.24) is 0 Å². The Labute approximate surface area is 61.4 Å². The van der Waals surface area contributed by atoms with Crippen LogP contribution in [0.3, 0.4) is 0 Å². The minimum atomic E-state index is 0. The second-order valence-corrected chi connectivity index (χ2v) is 0. The zero-order valence-electron chi connectivity index (χ0n) is 1.54. The quantitative estimate of drug-likeness (QED) is 0.558. The van der Waals surface area contributed by atoms with Crippen molar-refractivity contribution in [1.29, 1.82) is 0 Å². The van der Waals surface area contributed by atoms with Gasteiger partial charge in [-0.3, -0.25) is 0 Å². The third-order valence-corrected chi connectivity index (χ3v) is 0. The summed E-state index contributed by atoms with van der Waals surface area (Å²) in [5.41, 5.74) is 0. The molecule has 0 aliphatic heterocycles. The van der Waals surface area contributed by atoms with E-state index in [9.17, 15) is 0 Å². The van der Waals surface area contributed by atoms with E-state index in [4.69, 9.17) is 0 Å². The fourth-order valence-electron chi connectivity index (χ4n) is 0. The van der Waals surface area contributed by atoms with E-state index in [1.54, 1.807) is 0 Å². The second kappa shape index (κ2) is 22.0. The molecule has 0 aromatic heterocycles. The molecule has 0 heterocycles. The summed E-state index contributed by atoms with van der Waals surface area (Å²) >= 11 is 0. The zero-order chi connectivity index (χ0) is 0. The van der Waals surface area contributed by atoms with Gasteiger partial charge in [-0.05, 0) is 0 Å². The standard InChI is InChI=1S/Co.Fe.O.Ta/q2*+2;-2;+5. The van der Waals surface area contributed by atoms with Crippen LogP contribution in [-0.4, -0.2) is 0 Å². The van der Waals surface area contributed by atoms with Crippen LogP contribution < -0.4 is 0 Å². The van der Waals surface area contributed by atoms with Crippen molar-refractivity contribution in [2.75, 3.05) is 0 Å². The molecule has 0 aromatic rings. The van der Waals surface area contributed by atoms with Gasteiger partial charge in [0, 0.05) is 0 Å². The molecule has 0 fully saturated rings. The minimum Gasteiger partial charge on any atom is -2.00 e. The molecule has 4 heteroatoms. The first kappa shape index (κ1) is 42.9. The van der Waals surface area contributed by atoms with Crippen LogP contribution in [0, 0.1) is 0 Å². The first-order valence-corrected chi connectivity index (χ1v) is 0. The molecule has 0 atom stereocenters. The van der Waals surface area contributed by atoms with Gasteiger partial charge in [-0.25, -0.2) is 0 Å². The molecule has 0 unspecified atom stereocenters. The van der Waals surface area contributed by atoms with E-state index in [1.807, 2.05) is 0 Å². The largest absolute Gasteiger partial charge is 5.00 e. The summed E-state index contributed by atoms with van der Waals surface area (Å²) in [5.74, 6) is 0. The molecule has 1 nitrogen and oxygen atoms in total. The maximum absolute atomic E-state index is 0. The molecule has 0 rings (SSSR count). The van der Waals surface area contributed by atoms with Gasteiger partial charge in [0.25, 0.3) is 0 Å². The minimum absolute atomic E-state index is 0. The second-order valence-electron chi connectivity index (χ2n) is 0. The fraction of sp³-hybridized carbons (Fsp3) is 0. The Kier molecular flexibility index (Phi) is 236. The van der Waals surface area contributed by atoms with Gasteiger partial charge in [-0.2, -0.15) is 0 Å².